The number of hydrogen-bond acceptors (Lipinski definition) is 5. The molecule has 1 amide bonds. The van der Waals surface area contributed by atoms with Gasteiger partial charge in [-0.25, -0.2) is 4.39 Å². The molecule has 2 saturated heterocycles. The molecule has 0 unspecified atom stereocenters. The first-order chi connectivity index (χ1) is 11.1. The molecule has 0 radical (unpaired) electrons. The lowest BCUT2D eigenvalue weighted by Gasteiger charge is -2.29. The van der Waals surface area contributed by atoms with Gasteiger partial charge in [0.1, 0.15) is 5.82 Å². The summed E-state index contributed by atoms with van der Waals surface area (Å²) in [5, 5.41) is 0.645. The van der Waals surface area contributed by atoms with Gasteiger partial charge in [-0.15, -0.1) is 0 Å². The monoisotopic (exact) mass is 335 g/mol. The number of amidine groups is 1. The minimum Gasteiger partial charge on any atom is -0.378 e. The van der Waals surface area contributed by atoms with Crippen molar-refractivity contribution in [3.8, 4) is 0 Å². The highest BCUT2D eigenvalue weighted by Gasteiger charge is 2.29. The van der Waals surface area contributed by atoms with Gasteiger partial charge in [-0.1, -0.05) is 6.07 Å². The first-order valence-electron chi connectivity index (χ1n) is 7.37. The number of amides is 1. The van der Waals surface area contributed by atoms with Crippen molar-refractivity contribution < 1.29 is 13.9 Å². The highest BCUT2D eigenvalue weighted by atomic mass is 32.2. The van der Waals surface area contributed by atoms with E-state index >= 15 is 0 Å². The van der Waals surface area contributed by atoms with Crippen LogP contribution in [0.3, 0.4) is 0 Å². The zero-order valence-corrected chi connectivity index (χ0v) is 13.9. The molecule has 0 atom stereocenters. The maximum Gasteiger partial charge on any atom is 0.266 e. The van der Waals surface area contributed by atoms with Gasteiger partial charge in [0.25, 0.3) is 5.91 Å². The number of aliphatic imine (C=N–C) groups is 1. The Morgan fingerprint density at radius 1 is 1.35 bits per heavy atom. The maximum absolute atomic E-state index is 14.4. The van der Waals surface area contributed by atoms with Crippen LogP contribution in [0.1, 0.15) is 5.56 Å². The summed E-state index contributed by atoms with van der Waals surface area (Å²) in [6, 6.07) is 5.05. The summed E-state index contributed by atoms with van der Waals surface area (Å²) in [5.74, 6) is -0.400. The Labute approximate surface area is 138 Å². The lowest BCUT2D eigenvalue weighted by molar-refractivity contribution is -0.121. The third kappa shape index (κ3) is 3.25. The van der Waals surface area contributed by atoms with Crippen LogP contribution in [0.5, 0.6) is 0 Å². The van der Waals surface area contributed by atoms with Gasteiger partial charge in [-0.3, -0.25) is 14.7 Å². The van der Waals surface area contributed by atoms with Crippen molar-refractivity contribution >= 4 is 34.6 Å². The molecule has 2 fully saturated rings. The van der Waals surface area contributed by atoms with Crippen LogP contribution in [0.4, 0.5) is 10.1 Å². The number of anilines is 1. The Morgan fingerprint density at radius 3 is 2.70 bits per heavy atom. The molecule has 1 aromatic carbocycles. The first-order valence-corrected chi connectivity index (χ1v) is 8.18. The number of carbonyl (C=O) groups is 1. The maximum atomic E-state index is 14.4. The van der Waals surface area contributed by atoms with Gasteiger partial charge in [0, 0.05) is 27.2 Å². The van der Waals surface area contributed by atoms with Crippen LogP contribution in [0.25, 0.3) is 6.08 Å². The fourth-order valence-corrected chi connectivity index (χ4v) is 3.50. The van der Waals surface area contributed by atoms with E-state index in [1.54, 1.807) is 26.2 Å². The number of carbonyl (C=O) groups excluding carboxylic acids is 1. The second-order valence-electron chi connectivity index (χ2n) is 5.29. The molecule has 0 aromatic heterocycles. The molecular weight excluding hydrogens is 317 g/mol. The van der Waals surface area contributed by atoms with Crippen molar-refractivity contribution in [2.75, 3.05) is 45.3 Å². The second-order valence-corrected chi connectivity index (χ2v) is 6.30. The molecule has 3 rings (SSSR count). The van der Waals surface area contributed by atoms with E-state index in [2.05, 4.69) is 4.99 Å². The Kier molecular flexibility index (Phi) is 4.68. The molecular formula is C16H18FN3O2S. The minimum absolute atomic E-state index is 0.117. The predicted octanol–water partition coefficient (Wildman–Crippen LogP) is 2.19. The van der Waals surface area contributed by atoms with Crippen LogP contribution < -0.4 is 4.90 Å². The molecule has 7 heteroatoms. The predicted molar refractivity (Wildman–Crippen MR) is 91.1 cm³/mol. The van der Waals surface area contributed by atoms with E-state index in [9.17, 15) is 9.18 Å². The number of morpholine rings is 1. The van der Waals surface area contributed by atoms with Crippen molar-refractivity contribution in [3.05, 3.63) is 34.5 Å². The summed E-state index contributed by atoms with van der Waals surface area (Å²) < 4.78 is 19.7. The fraction of sp³-hybridized carbons (Fsp3) is 0.375. The van der Waals surface area contributed by atoms with Crippen molar-refractivity contribution in [2.45, 2.75) is 0 Å². The van der Waals surface area contributed by atoms with E-state index < -0.39 is 0 Å². The third-order valence-electron chi connectivity index (χ3n) is 3.82. The van der Waals surface area contributed by atoms with Crippen LogP contribution in [-0.2, 0) is 9.53 Å². The topological polar surface area (TPSA) is 45.1 Å². The minimum atomic E-state index is -0.283. The number of rotatable bonds is 2. The van der Waals surface area contributed by atoms with Gasteiger partial charge in [-0.05, 0) is 35.5 Å². The highest BCUT2D eigenvalue weighted by molar-refractivity contribution is 8.18. The molecule has 2 heterocycles. The number of halogens is 1. The summed E-state index contributed by atoms with van der Waals surface area (Å²) in [6.07, 6.45) is 1.70. The number of likely N-dealkylation sites (N-methyl/N-ethyl adjacent to an activating group) is 1. The third-order valence-corrected chi connectivity index (χ3v) is 4.97. The number of ether oxygens (including phenoxy) is 1. The van der Waals surface area contributed by atoms with Crippen LogP contribution in [0.2, 0.25) is 0 Å². The first kappa shape index (κ1) is 16.0. The van der Waals surface area contributed by atoms with Crippen molar-refractivity contribution in [2.24, 2.45) is 4.99 Å². The van der Waals surface area contributed by atoms with Gasteiger partial charge in [0.05, 0.1) is 23.8 Å². The lowest BCUT2D eigenvalue weighted by atomic mass is 10.1. The SMILES string of the molecule is CN=C1SC(=Cc2ccc(N3CCOCC3)c(F)c2)C(=O)N1C. The molecule has 2 aliphatic rings. The quantitative estimate of drug-likeness (QED) is 0.777. The van der Waals surface area contributed by atoms with Crippen LogP contribution in [0, 0.1) is 5.82 Å². The number of nitrogens with zero attached hydrogens (tertiary/aromatic N) is 3. The molecule has 23 heavy (non-hydrogen) atoms. The van der Waals surface area contributed by atoms with Crippen LogP contribution in [-0.4, -0.2) is 56.4 Å². The Bertz CT molecular complexity index is 684. The summed E-state index contributed by atoms with van der Waals surface area (Å²) in [6.45, 7) is 2.60. The molecule has 0 saturated carbocycles. The molecule has 122 valence electrons. The standard InChI is InChI=1S/C16H18FN3O2S/c1-18-16-19(2)15(21)14(23-16)10-11-3-4-13(12(17)9-11)20-5-7-22-8-6-20/h3-4,9-10H,5-8H2,1-2H3. The molecule has 1 aromatic rings. The molecule has 0 aliphatic carbocycles. The van der Waals surface area contributed by atoms with Crippen molar-refractivity contribution in [3.63, 3.8) is 0 Å². The molecule has 2 aliphatic heterocycles. The molecule has 5 nitrogen and oxygen atoms in total. The average Bonchev–Trinajstić information content (AvgIpc) is 2.84. The smallest absolute Gasteiger partial charge is 0.266 e. The zero-order valence-electron chi connectivity index (χ0n) is 13.1. The average molecular weight is 335 g/mol. The van der Waals surface area contributed by atoms with Crippen LogP contribution in [0.15, 0.2) is 28.1 Å². The van der Waals surface area contributed by atoms with E-state index in [1.165, 1.54) is 22.7 Å². The number of benzene rings is 1. The second kappa shape index (κ2) is 6.72. The largest absolute Gasteiger partial charge is 0.378 e. The molecule has 0 spiro atoms. The van der Waals surface area contributed by atoms with E-state index in [0.717, 1.165) is 0 Å². The number of hydrogen-bond donors (Lipinski definition) is 0. The van der Waals surface area contributed by atoms with E-state index in [4.69, 9.17) is 4.74 Å². The summed E-state index contributed by atoms with van der Waals surface area (Å²) in [4.78, 5) is 20.2. The van der Waals surface area contributed by atoms with Crippen LogP contribution >= 0.6 is 11.8 Å². The van der Waals surface area contributed by atoms with Gasteiger partial charge in [0.15, 0.2) is 5.17 Å². The zero-order chi connectivity index (χ0) is 16.4. The van der Waals surface area contributed by atoms with E-state index in [0.29, 0.717) is 47.6 Å². The van der Waals surface area contributed by atoms with Gasteiger partial charge >= 0.3 is 0 Å². The van der Waals surface area contributed by atoms with E-state index in [-0.39, 0.29) is 11.7 Å². The Morgan fingerprint density at radius 2 is 2.09 bits per heavy atom. The Balaban J connectivity index is 1.83. The Hall–Kier alpha value is -1.86. The normalized spacial score (nSPS) is 22.5. The lowest BCUT2D eigenvalue weighted by Crippen LogP contribution is -2.36. The van der Waals surface area contributed by atoms with E-state index in [1.807, 2.05) is 11.0 Å². The summed E-state index contributed by atoms with van der Waals surface area (Å²) >= 11 is 1.30. The van der Waals surface area contributed by atoms with Gasteiger partial charge in [-0.2, -0.15) is 0 Å². The van der Waals surface area contributed by atoms with Gasteiger partial charge < -0.3 is 9.64 Å². The van der Waals surface area contributed by atoms with Crippen molar-refractivity contribution in [1.82, 2.24) is 4.90 Å². The summed E-state index contributed by atoms with van der Waals surface area (Å²) in [5.41, 5.74) is 1.25. The molecule has 0 N–H and O–H groups in total. The van der Waals surface area contributed by atoms with Crippen molar-refractivity contribution in [1.29, 1.82) is 0 Å². The fourth-order valence-electron chi connectivity index (χ4n) is 2.57. The number of thioether (sulfide) groups is 1. The molecule has 0 bridgehead atoms. The highest BCUT2D eigenvalue weighted by Crippen LogP contribution is 2.32. The van der Waals surface area contributed by atoms with Gasteiger partial charge in [0.2, 0.25) is 0 Å². The summed E-state index contributed by atoms with van der Waals surface area (Å²) in [7, 11) is 3.33.